The summed E-state index contributed by atoms with van der Waals surface area (Å²) in [6.07, 6.45) is 4.02. The van der Waals surface area contributed by atoms with Gasteiger partial charge in [0.05, 0.1) is 12.8 Å². The Bertz CT molecular complexity index is 1310. The van der Waals surface area contributed by atoms with Crippen molar-refractivity contribution in [3.8, 4) is 17.1 Å². The molecule has 1 aromatic heterocycles. The summed E-state index contributed by atoms with van der Waals surface area (Å²) >= 11 is 0. The van der Waals surface area contributed by atoms with E-state index in [1.54, 1.807) is 6.07 Å². The third-order valence-corrected chi connectivity index (χ3v) is 7.00. The number of halogens is 1. The molecule has 1 aliphatic rings. The van der Waals surface area contributed by atoms with E-state index < -0.39 is 21.7 Å². The average Bonchev–Trinajstić information content (AvgIpc) is 3.07. The van der Waals surface area contributed by atoms with E-state index in [9.17, 15) is 17.6 Å². The summed E-state index contributed by atoms with van der Waals surface area (Å²) in [4.78, 5) is 12.6. The number of ether oxygens (including phenoxy) is 1. The molecular formula is C22H24FN5O4S. The number of nitrogens with zero attached hydrogens (tertiary/aromatic N) is 3. The van der Waals surface area contributed by atoms with Gasteiger partial charge in [0.1, 0.15) is 22.3 Å². The molecule has 0 radical (unpaired) electrons. The number of hydrogen-bond acceptors (Lipinski definition) is 6. The molecule has 3 aromatic rings. The highest BCUT2D eigenvalue weighted by atomic mass is 32.2. The zero-order chi connectivity index (χ0) is 23.6. The number of carbonyl (C=O) groups is 1. The number of benzene rings is 2. The number of carbonyl (C=O) groups excluding carboxylic acids is 1. The summed E-state index contributed by atoms with van der Waals surface area (Å²) in [6.45, 7) is 0.783. The highest BCUT2D eigenvalue weighted by Gasteiger charge is 2.22. The summed E-state index contributed by atoms with van der Waals surface area (Å²) in [5.74, 6) is 0.311. The lowest BCUT2D eigenvalue weighted by atomic mass is 10.1. The van der Waals surface area contributed by atoms with Crippen molar-refractivity contribution in [3.05, 3.63) is 53.6 Å². The van der Waals surface area contributed by atoms with Crippen molar-refractivity contribution in [2.75, 3.05) is 19.5 Å². The van der Waals surface area contributed by atoms with Gasteiger partial charge in [0.2, 0.25) is 10.0 Å². The molecule has 11 heteroatoms. The van der Waals surface area contributed by atoms with Crippen LogP contribution >= 0.6 is 0 Å². The third-order valence-electron chi connectivity index (χ3n) is 5.57. The predicted molar refractivity (Wildman–Crippen MR) is 120 cm³/mol. The lowest BCUT2D eigenvalue weighted by Gasteiger charge is -2.12. The van der Waals surface area contributed by atoms with Crippen molar-refractivity contribution in [3.63, 3.8) is 0 Å². The molecular weight excluding hydrogens is 449 g/mol. The fraction of sp³-hybridized carbons (Fsp3) is 0.318. The highest BCUT2D eigenvalue weighted by Crippen LogP contribution is 2.28. The summed E-state index contributed by atoms with van der Waals surface area (Å²) < 4.78 is 48.4. The van der Waals surface area contributed by atoms with E-state index in [1.165, 1.54) is 44.5 Å². The van der Waals surface area contributed by atoms with E-state index in [-0.39, 0.29) is 21.9 Å². The molecule has 0 fully saturated rings. The Morgan fingerprint density at radius 2 is 1.94 bits per heavy atom. The number of aromatic nitrogens is 3. The monoisotopic (exact) mass is 473 g/mol. The predicted octanol–water partition coefficient (Wildman–Crippen LogP) is 2.98. The maximum atomic E-state index is 14.5. The number of nitrogens with one attached hydrogen (secondary N) is 2. The molecule has 0 saturated heterocycles. The molecule has 0 saturated carbocycles. The molecule has 0 aliphatic carbocycles. The minimum absolute atomic E-state index is 0.0331. The quantitative estimate of drug-likeness (QED) is 0.569. The van der Waals surface area contributed by atoms with Crippen LogP contribution in [-0.2, 0) is 23.0 Å². The molecule has 0 atom stereocenters. The van der Waals surface area contributed by atoms with Crippen molar-refractivity contribution in [1.29, 1.82) is 0 Å². The van der Waals surface area contributed by atoms with Crippen LogP contribution in [0.5, 0.6) is 5.75 Å². The normalized spacial score (nSPS) is 13.8. The van der Waals surface area contributed by atoms with E-state index in [2.05, 4.69) is 20.2 Å². The van der Waals surface area contributed by atoms with Gasteiger partial charge in [-0.25, -0.2) is 17.5 Å². The zero-order valence-electron chi connectivity index (χ0n) is 18.3. The van der Waals surface area contributed by atoms with Gasteiger partial charge in [-0.3, -0.25) is 4.79 Å². The lowest BCUT2D eigenvalue weighted by Crippen LogP contribution is -2.20. The maximum Gasteiger partial charge on any atom is 0.255 e. The Labute approximate surface area is 191 Å². The molecule has 174 valence electrons. The van der Waals surface area contributed by atoms with Crippen LogP contribution in [0.3, 0.4) is 0 Å². The summed E-state index contributed by atoms with van der Waals surface area (Å²) in [6, 6.07) is 8.32. The molecule has 2 aromatic carbocycles. The number of methoxy groups -OCH3 is 1. The average molecular weight is 474 g/mol. The minimum atomic E-state index is -3.87. The summed E-state index contributed by atoms with van der Waals surface area (Å²) in [5, 5.41) is 11.1. The molecule has 4 rings (SSSR count). The van der Waals surface area contributed by atoms with Gasteiger partial charge in [-0.05, 0) is 56.3 Å². The fourth-order valence-corrected chi connectivity index (χ4v) is 4.71. The van der Waals surface area contributed by atoms with Crippen LogP contribution in [-0.4, -0.2) is 43.2 Å². The Morgan fingerprint density at radius 3 is 2.70 bits per heavy atom. The van der Waals surface area contributed by atoms with Gasteiger partial charge in [-0.2, -0.15) is 0 Å². The Kier molecular flexibility index (Phi) is 6.43. The van der Waals surface area contributed by atoms with Gasteiger partial charge < -0.3 is 14.6 Å². The second-order valence-corrected chi connectivity index (χ2v) is 9.48. The molecule has 1 amide bonds. The molecule has 0 unspecified atom stereocenters. The number of aryl methyl sites for hydroxylation is 1. The molecule has 0 bridgehead atoms. The van der Waals surface area contributed by atoms with Crippen molar-refractivity contribution < 1.29 is 22.3 Å². The van der Waals surface area contributed by atoms with Gasteiger partial charge in [0.25, 0.3) is 5.91 Å². The van der Waals surface area contributed by atoms with E-state index in [1.807, 2.05) is 4.57 Å². The number of amides is 1. The van der Waals surface area contributed by atoms with Crippen molar-refractivity contribution in [2.24, 2.45) is 0 Å². The van der Waals surface area contributed by atoms with Gasteiger partial charge >= 0.3 is 0 Å². The third kappa shape index (κ3) is 4.60. The van der Waals surface area contributed by atoms with Gasteiger partial charge in [-0.15, -0.1) is 10.2 Å². The molecule has 0 spiro atoms. The number of sulfonamides is 1. The second-order valence-electron chi connectivity index (χ2n) is 7.62. The van der Waals surface area contributed by atoms with Crippen LogP contribution in [0.2, 0.25) is 0 Å². The first kappa shape index (κ1) is 22.9. The van der Waals surface area contributed by atoms with Crippen LogP contribution in [0, 0.1) is 5.82 Å². The topological polar surface area (TPSA) is 115 Å². The fourth-order valence-electron chi connectivity index (χ4n) is 3.79. The van der Waals surface area contributed by atoms with Crippen LogP contribution < -0.4 is 14.8 Å². The highest BCUT2D eigenvalue weighted by molar-refractivity contribution is 7.89. The lowest BCUT2D eigenvalue weighted by molar-refractivity contribution is 0.102. The van der Waals surface area contributed by atoms with Gasteiger partial charge in [0.15, 0.2) is 5.82 Å². The van der Waals surface area contributed by atoms with Crippen LogP contribution in [0.1, 0.15) is 35.4 Å². The Hall–Kier alpha value is -3.31. The van der Waals surface area contributed by atoms with E-state index in [0.717, 1.165) is 38.1 Å². The van der Waals surface area contributed by atoms with E-state index in [4.69, 9.17) is 4.74 Å². The molecule has 2 N–H and O–H groups in total. The first-order valence-corrected chi connectivity index (χ1v) is 12.0. The standard InChI is InChI=1S/C22H24FN5O4S/c1-24-33(30,31)19-13-15(8-10-18(19)32-2)22(29)25-17-12-14(7-9-16(17)23)21-27-26-20-6-4-3-5-11-28(20)21/h7-10,12-13,24H,3-6,11H2,1-2H3,(H,25,29). The number of hydrogen-bond donors (Lipinski definition) is 2. The van der Waals surface area contributed by atoms with Gasteiger partial charge in [-0.1, -0.05) is 6.42 Å². The van der Waals surface area contributed by atoms with Crippen LogP contribution in [0.15, 0.2) is 41.3 Å². The number of rotatable bonds is 6. The van der Waals surface area contributed by atoms with Crippen molar-refractivity contribution >= 4 is 21.6 Å². The summed E-state index contributed by atoms with van der Waals surface area (Å²) in [5.41, 5.74) is 0.614. The Balaban J connectivity index is 1.65. The first-order chi connectivity index (χ1) is 15.8. The second kappa shape index (κ2) is 9.28. The minimum Gasteiger partial charge on any atom is -0.495 e. The number of fused-ring (bicyclic) bond motifs is 1. The largest absolute Gasteiger partial charge is 0.495 e. The van der Waals surface area contributed by atoms with E-state index >= 15 is 0 Å². The number of anilines is 1. The van der Waals surface area contributed by atoms with Gasteiger partial charge in [0, 0.05) is 24.1 Å². The maximum absolute atomic E-state index is 14.5. The summed E-state index contributed by atoms with van der Waals surface area (Å²) in [7, 11) is -1.29. The zero-order valence-corrected chi connectivity index (χ0v) is 19.1. The van der Waals surface area contributed by atoms with Crippen molar-refractivity contribution in [2.45, 2.75) is 37.1 Å². The van der Waals surface area contributed by atoms with Crippen LogP contribution in [0.25, 0.3) is 11.4 Å². The van der Waals surface area contributed by atoms with Crippen molar-refractivity contribution in [1.82, 2.24) is 19.5 Å². The van der Waals surface area contributed by atoms with Crippen LogP contribution in [0.4, 0.5) is 10.1 Å². The molecule has 33 heavy (non-hydrogen) atoms. The Morgan fingerprint density at radius 1 is 1.12 bits per heavy atom. The smallest absolute Gasteiger partial charge is 0.255 e. The SMILES string of the molecule is CNS(=O)(=O)c1cc(C(=O)Nc2cc(-c3nnc4n3CCCCC4)ccc2F)ccc1OC. The molecule has 2 heterocycles. The van der Waals surface area contributed by atoms with E-state index in [0.29, 0.717) is 11.4 Å². The molecule has 9 nitrogen and oxygen atoms in total. The first-order valence-electron chi connectivity index (χ1n) is 10.5. The molecule has 1 aliphatic heterocycles.